The van der Waals surface area contributed by atoms with Gasteiger partial charge in [-0.2, -0.15) is 5.10 Å². The van der Waals surface area contributed by atoms with Crippen molar-refractivity contribution in [3.05, 3.63) is 53.7 Å². The highest BCUT2D eigenvalue weighted by Crippen LogP contribution is 2.32. The largest absolute Gasteiger partial charge is 0.387 e. The maximum Gasteiger partial charge on any atom is 0.290 e. The molecule has 10 heteroatoms. The van der Waals surface area contributed by atoms with Crippen LogP contribution in [-0.4, -0.2) is 56.1 Å². The van der Waals surface area contributed by atoms with Crippen molar-refractivity contribution < 1.29 is 18.7 Å². The molecule has 0 saturated carbocycles. The van der Waals surface area contributed by atoms with Crippen LogP contribution in [0.4, 0.5) is 14.6 Å². The number of carbonyl (C=O) groups is 1. The first-order chi connectivity index (χ1) is 14.9. The minimum atomic E-state index is -3.25. The Labute approximate surface area is 179 Å². The molecule has 5 rings (SSSR count). The van der Waals surface area contributed by atoms with E-state index in [0.717, 1.165) is 10.6 Å². The average Bonchev–Trinajstić information content (AvgIpc) is 3.44. The van der Waals surface area contributed by atoms with Crippen LogP contribution >= 0.6 is 11.3 Å². The smallest absolute Gasteiger partial charge is 0.290 e. The first-order valence-corrected chi connectivity index (χ1v) is 10.5. The van der Waals surface area contributed by atoms with Crippen LogP contribution in [0.5, 0.6) is 0 Å². The average molecular weight is 441 g/mol. The highest BCUT2D eigenvalue weighted by atomic mass is 32.1. The van der Waals surface area contributed by atoms with E-state index < -0.39 is 18.6 Å². The number of aliphatic hydroxyl groups excluding tert-OH is 1. The molecule has 4 aromatic heterocycles. The summed E-state index contributed by atoms with van der Waals surface area (Å²) >= 11 is 1.56. The number of aldehydes is 1. The Hall–Kier alpha value is -3.24. The first kappa shape index (κ1) is 19.7. The maximum atomic E-state index is 14.1. The number of carbonyl (C=O) groups excluding carboxylic acids is 1. The number of alkyl halides is 2. The predicted molar refractivity (Wildman–Crippen MR) is 113 cm³/mol. The Kier molecular flexibility index (Phi) is 4.75. The van der Waals surface area contributed by atoms with Gasteiger partial charge in [-0.05, 0) is 36.1 Å². The molecule has 1 aliphatic rings. The van der Waals surface area contributed by atoms with E-state index >= 15 is 0 Å². The van der Waals surface area contributed by atoms with Crippen molar-refractivity contribution in [3.8, 4) is 21.8 Å². The molecule has 4 aromatic rings. The summed E-state index contributed by atoms with van der Waals surface area (Å²) in [5.41, 5.74) is 2.64. The number of hydrogen-bond acceptors (Lipinski definition) is 7. The molecule has 7 nitrogen and oxygen atoms in total. The third kappa shape index (κ3) is 3.57. The summed E-state index contributed by atoms with van der Waals surface area (Å²) in [6.45, 7) is -0.459. The number of piperidine rings is 1. The molecule has 0 radical (unpaired) electrons. The van der Waals surface area contributed by atoms with E-state index in [4.69, 9.17) is 4.98 Å². The fourth-order valence-corrected chi connectivity index (χ4v) is 4.33. The SMILES string of the molecule is O=Cc1cc(-c2cnn3ccc(-c4cccs4)nc23)nc(N2CCC(O)C(F)(F)C2)c1. The Balaban J connectivity index is 1.59. The minimum absolute atomic E-state index is 0.0855. The van der Waals surface area contributed by atoms with Crippen molar-refractivity contribution in [2.45, 2.75) is 18.4 Å². The summed E-state index contributed by atoms with van der Waals surface area (Å²) in [6, 6.07) is 8.83. The number of fused-ring (bicyclic) bond motifs is 1. The number of nitrogens with zero attached hydrogens (tertiary/aromatic N) is 5. The zero-order valence-electron chi connectivity index (χ0n) is 16.2. The van der Waals surface area contributed by atoms with Gasteiger partial charge in [0, 0.05) is 18.3 Å². The van der Waals surface area contributed by atoms with Gasteiger partial charge in [0.05, 0.1) is 34.6 Å². The summed E-state index contributed by atoms with van der Waals surface area (Å²) in [7, 11) is 0. The normalized spacial score (nSPS) is 18.4. The molecule has 1 atom stereocenters. The molecule has 1 N–H and O–H groups in total. The second-order valence-corrected chi connectivity index (χ2v) is 8.31. The molecule has 0 spiro atoms. The number of anilines is 1. The Bertz CT molecular complexity index is 1260. The number of halogens is 2. The van der Waals surface area contributed by atoms with Crippen molar-refractivity contribution in [2.24, 2.45) is 0 Å². The van der Waals surface area contributed by atoms with Crippen LogP contribution in [0.25, 0.3) is 27.5 Å². The minimum Gasteiger partial charge on any atom is -0.387 e. The van der Waals surface area contributed by atoms with Crippen LogP contribution in [0.1, 0.15) is 16.8 Å². The van der Waals surface area contributed by atoms with E-state index in [1.807, 2.05) is 23.6 Å². The molecule has 1 unspecified atom stereocenters. The van der Waals surface area contributed by atoms with Crippen LogP contribution in [-0.2, 0) is 0 Å². The van der Waals surface area contributed by atoms with Gasteiger partial charge >= 0.3 is 0 Å². The van der Waals surface area contributed by atoms with Gasteiger partial charge in [0.25, 0.3) is 5.92 Å². The fourth-order valence-electron chi connectivity index (χ4n) is 3.64. The highest BCUT2D eigenvalue weighted by molar-refractivity contribution is 7.13. The number of hydrogen-bond donors (Lipinski definition) is 1. The van der Waals surface area contributed by atoms with E-state index in [2.05, 4.69) is 10.1 Å². The van der Waals surface area contributed by atoms with E-state index in [1.165, 1.54) is 11.0 Å². The molecule has 31 heavy (non-hydrogen) atoms. The maximum absolute atomic E-state index is 14.1. The summed E-state index contributed by atoms with van der Waals surface area (Å²) in [4.78, 5) is 23.2. The van der Waals surface area contributed by atoms with Gasteiger partial charge in [-0.1, -0.05) is 6.07 Å². The molecule has 158 valence electrons. The fraction of sp³-hybridized carbons (Fsp3) is 0.238. The summed E-state index contributed by atoms with van der Waals surface area (Å²) in [5.74, 6) is -3.00. The molecule has 5 heterocycles. The highest BCUT2D eigenvalue weighted by Gasteiger charge is 2.44. The number of pyridine rings is 1. The first-order valence-electron chi connectivity index (χ1n) is 9.61. The van der Waals surface area contributed by atoms with Crippen molar-refractivity contribution in [1.29, 1.82) is 0 Å². The molecule has 0 aromatic carbocycles. The Morgan fingerprint density at radius 1 is 1.23 bits per heavy atom. The van der Waals surface area contributed by atoms with Gasteiger partial charge in [0.15, 0.2) is 5.65 Å². The molecule has 0 amide bonds. The number of aliphatic hydroxyl groups is 1. The zero-order chi connectivity index (χ0) is 21.6. The van der Waals surface area contributed by atoms with Gasteiger partial charge in [-0.15, -0.1) is 11.3 Å². The van der Waals surface area contributed by atoms with Crippen LogP contribution < -0.4 is 4.90 Å². The monoisotopic (exact) mass is 441 g/mol. The molecule has 0 bridgehead atoms. The van der Waals surface area contributed by atoms with Gasteiger partial charge in [-0.25, -0.2) is 23.3 Å². The topological polar surface area (TPSA) is 83.6 Å². The Morgan fingerprint density at radius 2 is 2.10 bits per heavy atom. The van der Waals surface area contributed by atoms with Crippen molar-refractivity contribution in [1.82, 2.24) is 19.6 Å². The zero-order valence-corrected chi connectivity index (χ0v) is 17.0. The lowest BCUT2D eigenvalue weighted by atomic mass is 10.0. The Morgan fingerprint density at radius 3 is 2.84 bits per heavy atom. The van der Waals surface area contributed by atoms with Crippen LogP contribution in [0.2, 0.25) is 0 Å². The quantitative estimate of drug-likeness (QED) is 0.488. The van der Waals surface area contributed by atoms with Gasteiger partial charge in [0.1, 0.15) is 18.2 Å². The lowest BCUT2D eigenvalue weighted by Gasteiger charge is -2.36. The van der Waals surface area contributed by atoms with Crippen LogP contribution in [0.15, 0.2) is 48.1 Å². The van der Waals surface area contributed by atoms with Gasteiger partial charge in [0.2, 0.25) is 0 Å². The summed E-state index contributed by atoms with van der Waals surface area (Å²) < 4.78 is 29.7. The summed E-state index contributed by atoms with van der Waals surface area (Å²) in [5, 5.41) is 15.8. The lowest BCUT2D eigenvalue weighted by molar-refractivity contribution is -0.113. The summed E-state index contributed by atoms with van der Waals surface area (Å²) in [6.07, 6.45) is 2.27. The second kappa shape index (κ2) is 7.47. The van der Waals surface area contributed by atoms with Crippen molar-refractivity contribution in [2.75, 3.05) is 18.0 Å². The number of thiophene rings is 1. The van der Waals surface area contributed by atoms with Crippen LogP contribution in [0.3, 0.4) is 0 Å². The van der Waals surface area contributed by atoms with E-state index in [9.17, 15) is 18.7 Å². The van der Waals surface area contributed by atoms with E-state index in [0.29, 0.717) is 28.8 Å². The van der Waals surface area contributed by atoms with Crippen molar-refractivity contribution in [3.63, 3.8) is 0 Å². The van der Waals surface area contributed by atoms with Gasteiger partial charge in [-0.3, -0.25) is 4.79 Å². The molecule has 1 saturated heterocycles. The number of rotatable bonds is 4. The number of aromatic nitrogens is 4. The molecular weight excluding hydrogens is 424 g/mol. The third-order valence-corrected chi connectivity index (χ3v) is 6.17. The molecular formula is C21H17F2N5O2S. The second-order valence-electron chi connectivity index (χ2n) is 7.37. The third-order valence-electron chi connectivity index (χ3n) is 5.27. The molecule has 1 aliphatic heterocycles. The molecule has 1 fully saturated rings. The standard InChI is InChI=1S/C21H17F2N5O2S/c22-21(23)12-27(5-4-18(21)30)19-9-13(11-29)8-16(25-19)14-10-24-28-6-3-15(26-20(14)28)17-2-1-7-31-17/h1-3,6-11,18,30H,4-5,12H2. The van der Waals surface area contributed by atoms with Crippen molar-refractivity contribution >= 4 is 29.1 Å². The van der Waals surface area contributed by atoms with Crippen LogP contribution in [0, 0.1) is 0 Å². The molecule has 0 aliphatic carbocycles. The van der Waals surface area contributed by atoms with E-state index in [1.54, 1.807) is 34.3 Å². The van der Waals surface area contributed by atoms with E-state index in [-0.39, 0.29) is 18.8 Å². The lowest BCUT2D eigenvalue weighted by Crippen LogP contribution is -2.51. The van der Waals surface area contributed by atoms with Gasteiger partial charge < -0.3 is 10.0 Å². The predicted octanol–water partition coefficient (Wildman–Crippen LogP) is 3.54.